The molecule has 0 aromatic rings. The van der Waals surface area contributed by atoms with Gasteiger partial charge in [0.15, 0.2) is 0 Å². The molecule has 0 unspecified atom stereocenters. The fraction of sp³-hybridized carbons (Fsp3) is 1.00. The highest BCUT2D eigenvalue weighted by molar-refractivity contribution is 5.05. The van der Waals surface area contributed by atoms with Crippen LogP contribution in [0, 0.1) is 23.2 Å². The molecule has 0 heterocycles. The van der Waals surface area contributed by atoms with Crippen molar-refractivity contribution in [3.8, 4) is 0 Å². The monoisotopic (exact) mass is 224 g/mol. The van der Waals surface area contributed by atoms with E-state index < -0.39 is 0 Å². The Balaban J connectivity index is 1.82. The Kier molecular flexibility index (Phi) is 2.56. The molecule has 4 bridgehead atoms. The van der Waals surface area contributed by atoms with Crippen LogP contribution in [0.5, 0.6) is 0 Å². The van der Waals surface area contributed by atoms with E-state index >= 15 is 0 Å². The van der Waals surface area contributed by atoms with Gasteiger partial charge in [0.2, 0.25) is 0 Å². The number of hydrogen-bond acceptors (Lipinski definition) is 1. The van der Waals surface area contributed by atoms with Crippen LogP contribution in [0.15, 0.2) is 0 Å². The maximum atomic E-state index is 10.7. The molecule has 4 saturated carbocycles. The van der Waals surface area contributed by atoms with E-state index in [4.69, 9.17) is 0 Å². The number of nitrogens with two attached hydrogens (primary N) is 1. The van der Waals surface area contributed by atoms with Crippen LogP contribution in [0.4, 0.5) is 0 Å². The summed E-state index contributed by atoms with van der Waals surface area (Å²) in [4.78, 5) is 0. The predicted molar refractivity (Wildman–Crippen MR) is 63.9 cm³/mol. The first-order valence-corrected chi connectivity index (χ1v) is 7.10. The van der Waals surface area contributed by atoms with Crippen molar-refractivity contribution in [2.75, 3.05) is 7.05 Å². The fourth-order valence-electron chi connectivity index (χ4n) is 5.28. The summed E-state index contributed by atoms with van der Waals surface area (Å²) >= 11 is 0. The molecule has 0 aliphatic heterocycles. The molecule has 2 atom stereocenters. The van der Waals surface area contributed by atoms with E-state index in [1.165, 1.54) is 38.5 Å². The first-order chi connectivity index (χ1) is 7.63. The first kappa shape index (κ1) is 11.0. The smallest absolute Gasteiger partial charge is 0.111 e. The minimum Gasteiger partial charge on any atom is -0.386 e. The molecule has 3 N–H and O–H groups in total. The van der Waals surface area contributed by atoms with Crippen molar-refractivity contribution in [2.24, 2.45) is 23.2 Å². The van der Waals surface area contributed by atoms with Crippen LogP contribution in [0.1, 0.15) is 45.4 Å². The van der Waals surface area contributed by atoms with Crippen LogP contribution < -0.4 is 5.32 Å². The molecule has 0 aromatic carbocycles. The Hall–Kier alpha value is -0.0800. The van der Waals surface area contributed by atoms with Crippen LogP contribution in [-0.4, -0.2) is 24.3 Å². The number of likely N-dealkylation sites (N-methyl/N-ethyl adjacent to an activating group) is 1. The van der Waals surface area contributed by atoms with E-state index in [0.29, 0.717) is 11.5 Å². The minimum atomic E-state index is -0.0779. The molecule has 0 aromatic heterocycles. The van der Waals surface area contributed by atoms with Gasteiger partial charge in [0, 0.05) is 5.41 Å². The van der Waals surface area contributed by atoms with E-state index in [2.05, 4.69) is 19.3 Å². The number of aliphatic hydroxyl groups is 1. The van der Waals surface area contributed by atoms with Gasteiger partial charge < -0.3 is 10.4 Å². The summed E-state index contributed by atoms with van der Waals surface area (Å²) in [6.45, 7) is 2.18. The van der Waals surface area contributed by atoms with E-state index in [9.17, 15) is 5.11 Å². The molecule has 2 heteroatoms. The molecule has 2 nitrogen and oxygen atoms in total. The fourth-order valence-corrected chi connectivity index (χ4v) is 5.28. The van der Waals surface area contributed by atoms with E-state index in [1.807, 2.05) is 0 Å². The van der Waals surface area contributed by atoms with Crippen molar-refractivity contribution in [3.05, 3.63) is 0 Å². The lowest BCUT2D eigenvalue weighted by Gasteiger charge is -2.58. The van der Waals surface area contributed by atoms with Crippen LogP contribution in [0.3, 0.4) is 0 Å². The summed E-state index contributed by atoms with van der Waals surface area (Å²) in [6.07, 6.45) is 8.28. The van der Waals surface area contributed by atoms with Crippen molar-refractivity contribution in [1.29, 1.82) is 0 Å². The molecule has 0 amide bonds. The minimum absolute atomic E-state index is 0.0779. The van der Waals surface area contributed by atoms with Gasteiger partial charge in [0.25, 0.3) is 0 Å². The van der Waals surface area contributed by atoms with Crippen LogP contribution >= 0.6 is 0 Å². The average molecular weight is 224 g/mol. The van der Waals surface area contributed by atoms with Crippen molar-refractivity contribution in [1.82, 2.24) is 0 Å². The Morgan fingerprint density at radius 3 is 1.88 bits per heavy atom. The van der Waals surface area contributed by atoms with E-state index in [1.54, 1.807) is 0 Å². The number of hydrogen-bond donors (Lipinski definition) is 2. The van der Waals surface area contributed by atoms with Crippen molar-refractivity contribution in [3.63, 3.8) is 0 Å². The largest absolute Gasteiger partial charge is 0.386 e. The molecule has 4 aliphatic rings. The van der Waals surface area contributed by atoms with E-state index in [0.717, 1.165) is 17.8 Å². The highest BCUT2D eigenvalue weighted by Gasteiger charge is 2.55. The van der Waals surface area contributed by atoms with Gasteiger partial charge in [-0.3, -0.25) is 0 Å². The van der Waals surface area contributed by atoms with Gasteiger partial charge in [-0.25, -0.2) is 0 Å². The average Bonchev–Trinajstić information content (AvgIpc) is 2.25. The highest BCUT2D eigenvalue weighted by Crippen LogP contribution is 2.61. The predicted octanol–water partition coefficient (Wildman–Crippen LogP) is 1.15. The second-order valence-corrected chi connectivity index (χ2v) is 6.92. The lowest BCUT2D eigenvalue weighted by molar-refractivity contribution is -0.671. The summed E-state index contributed by atoms with van der Waals surface area (Å²) in [5.41, 5.74) is 0.306. The third-order valence-electron chi connectivity index (χ3n) is 5.74. The SMILES string of the molecule is C[NH2+][C@@H](C)[C@H](O)C12CC3CC(CC(C3)C1)C2. The Morgan fingerprint density at radius 1 is 1.06 bits per heavy atom. The van der Waals surface area contributed by atoms with Gasteiger partial charge in [-0.15, -0.1) is 0 Å². The second kappa shape index (κ2) is 3.71. The number of rotatable bonds is 3. The standard InChI is InChI=1S/C14H25NO/c1-9(15-2)13(16)14-6-10-3-11(7-14)5-12(4-10)8-14/h9-13,15-16H,3-8H2,1-2H3/p+1/t9-,10?,11?,12?,13-,14?/m0/s1. The quantitative estimate of drug-likeness (QED) is 0.741. The van der Waals surface area contributed by atoms with Gasteiger partial charge in [0.05, 0.1) is 7.05 Å². The van der Waals surface area contributed by atoms with Crippen LogP contribution in [-0.2, 0) is 0 Å². The van der Waals surface area contributed by atoms with Gasteiger partial charge in [0.1, 0.15) is 12.1 Å². The van der Waals surface area contributed by atoms with Crippen molar-refractivity contribution < 1.29 is 10.4 Å². The zero-order valence-electron chi connectivity index (χ0n) is 10.7. The maximum Gasteiger partial charge on any atom is 0.111 e. The zero-order chi connectivity index (χ0) is 11.3. The number of quaternary nitrogens is 1. The summed E-state index contributed by atoms with van der Waals surface area (Å²) in [5, 5.41) is 12.8. The Morgan fingerprint density at radius 2 is 1.50 bits per heavy atom. The third-order valence-corrected chi connectivity index (χ3v) is 5.74. The van der Waals surface area contributed by atoms with Gasteiger partial charge in [-0.2, -0.15) is 0 Å². The Bertz CT molecular complexity index is 241. The van der Waals surface area contributed by atoms with Crippen molar-refractivity contribution in [2.45, 2.75) is 57.6 Å². The van der Waals surface area contributed by atoms with Crippen LogP contribution in [0.2, 0.25) is 0 Å². The lowest BCUT2D eigenvalue weighted by atomic mass is 9.47. The molecule has 4 aliphatic carbocycles. The summed E-state index contributed by atoms with van der Waals surface area (Å²) in [6, 6.07) is 0.372. The lowest BCUT2D eigenvalue weighted by Crippen LogP contribution is -2.89. The van der Waals surface area contributed by atoms with Crippen LogP contribution in [0.25, 0.3) is 0 Å². The number of aliphatic hydroxyl groups excluding tert-OH is 1. The molecular weight excluding hydrogens is 198 g/mol. The molecular formula is C14H26NO+. The Labute approximate surface area is 98.8 Å². The molecule has 0 saturated heterocycles. The normalized spacial score (nSPS) is 49.3. The molecule has 16 heavy (non-hydrogen) atoms. The summed E-state index contributed by atoms with van der Waals surface area (Å²) in [7, 11) is 2.09. The molecule has 92 valence electrons. The molecule has 4 rings (SSSR count). The third kappa shape index (κ3) is 1.53. The molecule has 4 fully saturated rings. The topological polar surface area (TPSA) is 36.8 Å². The molecule has 0 spiro atoms. The van der Waals surface area contributed by atoms with Gasteiger partial charge in [-0.1, -0.05) is 0 Å². The van der Waals surface area contributed by atoms with Gasteiger partial charge >= 0.3 is 0 Å². The summed E-state index contributed by atoms with van der Waals surface area (Å²) in [5.74, 6) is 2.85. The highest BCUT2D eigenvalue weighted by atomic mass is 16.3. The molecule has 0 radical (unpaired) electrons. The maximum absolute atomic E-state index is 10.7. The van der Waals surface area contributed by atoms with E-state index in [-0.39, 0.29) is 6.10 Å². The second-order valence-electron chi connectivity index (χ2n) is 6.92. The van der Waals surface area contributed by atoms with Gasteiger partial charge in [-0.05, 0) is 63.2 Å². The van der Waals surface area contributed by atoms with Crippen molar-refractivity contribution >= 4 is 0 Å². The summed E-state index contributed by atoms with van der Waals surface area (Å²) < 4.78 is 0. The zero-order valence-corrected chi connectivity index (χ0v) is 10.7. The first-order valence-electron chi connectivity index (χ1n) is 7.10.